The molecule has 160 valence electrons. The lowest BCUT2D eigenvalue weighted by Gasteiger charge is -2.10. The van der Waals surface area contributed by atoms with Gasteiger partial charge < -0.3 is 0 Å². The molecule has 0 aliphatic rings. The molecule has 32 heavy (non-hydrogen) atoms. The van der Waals surface area contributed by atoms with Crippen molar-refractivity contribution < 1.29 is 19.2 Å². The Morgan fingerprint density at radius 1 is 0.562 bits per heavy atom. The van der Waals surface area contributed by atoms with Gasteiger partial charge in [0.15, 0.2) is 0 Å². The van der Waals surface area contributed by atoms with E-state index in [4.69, 9.17) is 0 Å². The minimum absolute atomic E-state index is 0.105. The molecule has 0 fully saturated rings. The summed E-state index contributed by atoms with van der Waals surface area (Å²) >= 11 is 0. The lowest BCUT2D eigenvalue weighted by atomic mass is 10.1. The highest BCUT2D eigenvalue weighted by atomic mass is 16.2. The van der Waals surface area contributed by atoms with Crippen LogP contribution >= 0.6 is 0 Å². The Morgan fingerprint density at radius 3 is 1.34 bits per heavy atom. The lowest BCUT2D eigenvalue weighted by molar-refractivity contribution is -0.137. The molecule has 2 N–H and O–H groups in total. The number of nitrogens with zero attached hydrogens (tertiary/aromatic N) is 1. The minimum atomic E-state index is -0.945. The minimum Gasteiger partial charge on any atom is -0.289 e. The predicted octanol–water partition coefficient (Wildman–Crippen LogP) is 2.53. The van der Waals surface area contributed by atoms with E-state index in [-0.39, 0.29) is 18.8 Å². The molecule has 7 nitrogen and oxygen atoms in total. The molecule has 2 amide bonds. The van der Waals surface area contributed by atoms with Crippen LogP contribution in [0.2, 0.25) is 0 Å². The first-order chi connectivity index (χ1) is 15.5. The molecule has 3 aromatic carbocycles. The van der Waals surface area contributed by atoms with E-state index in [0.29, 0.717) is 16.8 Å². The van der Waals surface area contributed by atoms with E-state index in [1.807, 2.05) is 0 Å². The summed E-state index contributed by atoms with van der Waals surface area (Å²) in [7, 11) is 0. The van der Waals surface area contributed by atoms with Gasteiger partial charge in [0, 0.05) is 12.8 Å². The highest BCUT2D eigenvalue weighted by Crippen LogP contribution is 2.09. The van der Waals surface area contributed by atoms with Gasteiger partial charge in [-0.15, -0.1) is 0 Å². The van der Waals surface area contributed by atoms with Crippen molar-refractivity contribution in [3.05, 3.63) is 102 Å². The average molecular weight is 427 g/mol. The number of amides is 2. The van der Waals surface area contributed by atoms with Gasteiger partial charge >= 0.3 is 0 Å². The van der Waals surface area contributed by atoms with Crippen LogP contribution in [0.5, 0.6) is 0 Å². The van der Waals surface area contributed by atoms with Gasteiger partial charge in [0.1, 0.15) is 0 Å². The number of carbonyl (C=O) groups is 4. The second-order valence-corrected chi connectivity index (χ2v) is 6.88. The van der Waals surface area contributed by atoms with Crippen molar-refractivity contribution in [3.63, 3.8) is 0 Å². The maximum atomic E-state index is 12.4. The number of nitrogens with one attached hydrogen (secondary N) is 2. The van der Waals surface area contributed by atoms with E-state index in [2.05, 4.69) is 15.6 Å². The van der Waals surface area contributed by atoms with E-state index >= 15 is 0 Å². The van der Waals surface area contributed by atoms with Gasteiger partial charge in [-0.2, -0.15) is 0 Å². The summed E-state index contributed by atoms with van der Waals surface area (Å²) in [6.07, 6.45) is -0.210. The van der Waals surface area contributed by atoms with Crippen LogP contribution in [0.4, 0.5) is 5.69 Å². The molecule has 0 unspecified atom stereocenters. The first-order valence-electron chi connectivity index (χ1n) is 9.91. The van der Waals surface area contributed by atoms with Crippen LogP contribution in [0.25, 0.3) is 0 Å². The third-order valence-corrected chi connectivity index (χ3v) is 4.38. The van der Waals surface area contributed by atoms with E-state index < -0.39 is 23.4 Å². The van der Waals surface area contributed by atoms with Gasteiger partial charge in [-0.1, -0.05) is 78.9 Å². The second kappa shape index (κ2) is 11.1. The number of rotatable bonds is 7. The third kappa shape index (κ3) is 6.84. The van der Waals surface area contributed by atoms with Gasteiger partial charge in [0.2, 0.25) is 17.5 Å². The van der Waals surface area contributed by atoms with E-state index in [9.17, 15) is 19.2 Å². The van der Waals surface area contributed by atoms with Gasteiger partial charge in [-0.25, -0.2) is 4.99 Å². The fourth-order valence-electron chi connectivity index (χ4n) is 2.80. The number of Topliss-reactive ketones (excluding diaryl/α,β-unsaturated/α-hetero) is 2. The fourth-order valence-corrected chi connectivity index (χ4v) is 2.80. The van der Waals surface area contributed by atoms with Crippen LogP contribution in [0, 0.1) is 0 Å². The Bertz CT molecular complexity index is 1060. The lowest BCUT2D eigenvalue weighted by Crippen LogP contribution is -2.48. The average Bonchev–Trinajstić information content (AvgIpc) is 2.81. The topological polar surface area (TPSA) is 105 Å². The van der Waals surface area contributed by atoms with Crippen LogP contribution in [0.15, 0.2) is 96.0 Å². The molecule has 0 bridgehead atoms. The molecule has 0 aliphatic heterocycles. The van der Waals surface area contributed by atoms with Crippen LogP contribution in [0.3, 0.4) is 0 Å². The molecule has 0 saturated heterocycles. The first-order valence-corrected chi connectivity index (χ1v) is 9.91. The normalized spacial score (nSPS) is 10.0. The molecule has 0 aromatic heterocycles. The molecule has 0 spiro atoms. The van der Waals surface area contributed by atoms with E-state index in [1.54, 1.807) is 91.0 Å². The van der Waals surface area contributed by atoms with Gasteiger partial charge in [-0.3, -0.25) is 29.8 Å². The zero-order valence-electron chi connectivity index (χ0n) is 17.2. The molecular formula is C25H21N3O4. The Balaban J connectivity index is 1.71. The third-order valence-electron chi connectivity index (χ3n) is 4.38. The number of hydrogen-bond acceptors (Lipinski definition) is 5. The van der Waals surface area contributed by atoms with Crippen LogP contribution in [-0.2, 0) is 32.0 Å². The maximum absolute atomic E-state index is 12.4. The Hall–Kier alpha value is -4.39. The van der Waals surface area contributed by atoms with Crippen molar-refractivity contribution in [2.75, 3.05) is 0 Å². The van der Waals surface area contributed by atoms with Crippen LogP contribution < -0.4 is 10.6 Å². The Morgan fingerprint density at radius 2 is 0.938 bits per heavy atom. The van der Waals surface area contributed by atoms with E-state index in [0.717, 1.165) is 0 Å². The summed E-state index contributed by atoms with van der Waals surface area (Å²) in [5.41, 5.74) is 1.78. The number of ketones is 2. The van der Waals surface area contributed by atoms with Crippen LogP contribution in [0.1, 0.15) is 11.1 Å². The van der Waals surface area contributed by atoms with Crippen molar-refractivity contribution >= 4 is 35.0 Å². The molecule has 0 heterocycles. The van der Waals surface area contributed by atoms with Gasteiger partial charge in [-0.05, 0) is 23.3 Å². The summed E-state index contributed by atoms with van der Waals surface area (Å²) in [5.74, 6) is -3.60. The van der Waals surface area contributed by atoms with Crippen molar-refractivity contribution in [3.8, 4) is 0 Å². The zero-order valence-corrected chi connectivity index (χ0v) is 17.2. The summed E-state index contributed by atoms with van der Waals surface area (Å²) in [5, 5.41) is 4.63. The second-order valence-electron chi connectivity index (χ2n) is 6.88. The number of benzene rings is 3. The van der Waals surface area contributed by atoms with E-state index in [1.165, 1.54) is 0 Å². The quantitative estimate of drug-likeness (QED) is 0.343. The van der Waals surface area contributed by atoms with Crippen molar-refractivity contribution in [2.24, 2.45) is 4.99 Å². The highest BCUT2D eigenvalue weighted by molar-refractivity contribution is 6.42. The monoisotopic (exact) mass is 427 g/mol. The Kier molecular flexibility index (Phi) is 7.75. The fraction of sp³-hybridized carbons (Fsp3) is 0.0800. The first kappa shape index (κ1) is 22.3. The number of carbonyl (C=O) groups excluding carboxylic acids is 4. The van der Waals surface area contributed by atoms with Crippen LogP contribution in [-0.4, -0.2) is 29.3 Å². The van der Waals surface area contributed by atoms with Gasteiger partial charge in [0.05, 0.1) is 5.69 Å². The largest absolute Gasteiger partial charge is 0.294 e. The molecular weight excluding hydrogens is 406 g/mol. The highest BCUT2D eigenvalue weighted by Gasteiger charge is 2.21. The number of aliphatic imine (C=N–C) groups is 1. The summed E-state index contributed by atoms with van der Waals surface area (Å²) in [6.45, 7) is 0. The van der Waals surface area contributed by atoms with Crippen molar-refractivity contribution in [2.45, 2.75) is 12.8 Å². The summed E-state index contributed by atoms with van der Waals surface area (Å²) in [4.78, 5) is 53.6. The predicted molar refractivity (Wildman–Crippen MR) is 120 cm³/mol. The number of hydrogen-bond donors (Lipinski definition) is 2. The smallest absolute Gasteiger partial charge is 0.289 e. The molecule has 7 heteroatoms. The summed E-state index contributed by atoms with van der Waals surface area (Å²) in [6, 6.07) is 26.1. The van der Waals surface area contributed by atoms with Gasteiger partial charge in [0.25, 0.3) is 11.8 Å². The zero-order chi connectivity index (χ0) is 22.8. The molecule has 3 aromatic rings. The molecule has 0 radical (unpaired) electrons. The molecule has 0 saturated carbocycles. The SMILES string of the molecule is O=C(Cc1ccccc1)C(=O)NC(=Nc1ccccc1)NC(=O)C(=O)Cc1ccccc1. The summed E-state index contributed by atoms with van der Waals surface area (Å²) < 4.78 is 0. The molecule has 0 aliphatic carbocycles. The van der Waals surface area contributed by atoms with Crippen molar-refractivity contribution in [1.82, 2.24) is 10.6 Å². The standard InChI is InChI=1S/C25H21N3O4/c29-21(16-18-10-4-1-5-11-18)23(31)27-25(26-20-14-8-3-9-15-20)28-24(32)22(30)17-19-12-6-2-7-13-19/h1-15H,16-17H2,(H2,26,27,28,31,32). The maximum Gasteiger partial charge on any atom is 0.294 e. The number of para-hydroxylation sites is 1. The molecule has 3 rings (SSSR count). The number of guanidine groups is 1. The molecule has 0 atom stereocenters. The Labute approximate surface area is 185 Å². The van der Waals surface area contributed by atoms with Crippen molar-refractivity contribution in [1.29, 1.82) is 0 Å².